The number of fused-ring (bicyclic) bond motifs is 1. The van der Waals surface area contributed by atoms with Gasteiger partial charge in [-0.3, -0.25) is 4.90 Å². The Labute approximate surface area is 153 Å². The predicted molar refractivity (Wildman–Crippen MR) is 98.0 cm³/mol. The first-order valence-electron chi connectivity index (χ1n) is 9.40. The topological polar surface area (TPSA) is 70.8 Å². The summed E-state index contributed by atoms with van der Waals surface area (Å²) >= 11 is 0. The van der Waals surface area contributed by atoms with E-state index < -0.39 is 0 Å². The Morgan fingerprint density at radius 3 is 2.92 bits per heavy atom. The molecule has 1 aromatic carbocycles. The molecule has 3 heterocycles. The Bertz CT molecular complexity index is 761. The zero-order valence-corrected chi connectivity index (χ0v) is 15.2. The Balaban J connectivity index is 1.25. The van der Waals surface area contributed by atoms with Crippen LogP contribution in [0.25, 0.3) is 11.1 Å². The van der Waals surface area contributed by atoms with E-state index in [1.807, 2.05) is 30.0 Å². The molecule has 0 bridgehead atoms. The molecule has 2 aliphatic heterocycles. The van der Waals surface area contributed by atoms with Gasteiger partial charge in [0.15, 0.2) is 5.58 Å². The summed E-state index contributed by atoms with van der Waals surface area (Å²) in [4.78, 5) is 21.0. The van der Waals surface area contributed by atoms with Crippen molar-refractivity contribution < 1.29 is 13.9 Å². The number of nitrogens with zero attached hydrogens (tertiary/aromatic N) is 3. The number of ether oxygens (including phenoxy) is 1. The molecule has 0 radical (unpaired) electrons. The minimum atomic E-state index is 0.0116. The zero-order valence-electron chi connectivity index (χ0n) is 15.2. The van der Waals surface area contributed by atoms with Crippen LogP contribution in [0.5, 0.6) is 0 Å². The van der Waals surface area contributed by atoms with Crippen molar-refractivity contribution >= 4 is 17.1 Å². The quantitative estimate of drug-likeness (QED) is 0.907. The van der Waals surface area contributed by atoms with E-state index in [1.54, 1.807) is 0 Å². The fourth-order valence-electron chi connectivity index (χ4n) is 3.57. The largest absolute Gasteiger partial charge is 0.439 e. The SMILES string of the molecule is Cc1ccc2nc(CN3CCN(C(=O)NC[C@H]4CCCO4)CC3)oc2c1. The number of aromatic nitrogens is 1. The van der Waals surface area contributed by atoms with Gasteiger partial charge < -0.3 is 19.4 Å². The Kier molecular flexibility index (Phi) is 5.08. The first-order valence-corrected chi connectivity index (χ1v) is 9.40. The summed E-state index contributed by atoms with van der Waals surface area (Å²) in [5.74, 6) is 0.738. The lowest BCUT2D eigenvalue weighted by Crippen LogP contribution is -2.52. The second kappa shape index (κ2) is 7.63. The summed E-state index contributed by atoms with van der Waals surface area (Å²) < 4.78 is 11.4. The number of hydrogen-bond donors (Lipinski definition) is 1. The lowest BCUT2D eigenvalue weighted by Gasteiger charge is -2.34. The van der Waals surface area contributed by atoms with Crippen LogP contribution in [0.3, 0.4) is 0 Å². The third-order valence-corrected chi connectivity index (χ3v) is 5.11. The lowest BCUT2D eigenvalue weighted by molar-refractivity contribution is 0.103. The second-order valence-electron chi connectivity index (χ2n) is 7.16. The van der Waals surface area contributed by atoms with Gasteiger partial charge in [-0.2, -0.15) is 0 Å². The summed E-state index contributed by atoms with van der Waals surface area (Å²) in [6.45, 7) is 7.24. The van der Waals surface area contributed by atoms with Crippen LogP contribution in [-0.4, -0.2) is 66.2 Å². The molecular formula is C19H26N4O3. The summed E-state index contributed by atoms with van der Waals surface area (Å²) in [5, 5.41) is 2.99. The molecule has 140 valence electrons. The van der Waals surface area contributed by atoms with Gasteiger partial charge in [-0.25, -0.2) is 9.78 Å². The van der Waals surface area contributed by atoms with Crippen LogP contribution in [0, 0.1) is 6.92 Å². The number of carbonyl (C=O) groups excluding carboxylic acids is 1. The van der Waals surface area contributed by atoms with Crippen molar-refractivity contribution in [2.75, 3.05) is 39.3 Å². The van der Waals surface area contributed by atoms with Gasteiger partial charge in [0.1, 0.15) is 5.52 Å². The molecule has 0 unspecified atom stereocenters. The van der Waals surface area contributed by atoms with Gasteiger partial charge >= 0.3 is 6.03 Å². The minimum absolute atomic E-state index is 0.0116. The molecule has 26 heavy (non-hydrogen) atoms. The maximum atomic E-state index is 12.3. The number of urea groups is 1. The molecule has 1 N–H and O–H groups in total. The average Bonchev–Trinajstić information content (AvgIpc) is 3.29. The van der Waals surface area contributed by atoms with Crippen molar-refractivity contribution in [1.29, 1.82) is 0 Å². The monoisotopic (exact) mass is 358 g/mol. The number of nitrogens with one attached hydrogen (secondary N) is 1. The van der Waals surface area contributed by atoms with Crippen LogP contribution in [0.15, 0.2) is 22.6 Å². The Hall–Kier alpha value is -2.12. The molecule has 1 aromatic heterocycles. The van der Waals surface area contributed by atoms with Crippen LogP contribution < -0.4 is 5.32 Å². The van der Waals surface area contributed by atoms with Gasteiger partial charge in [0, 0.05) is 39.3 Å². The van der Waals surface area contributed by atoms with E-state index in [-0.39, 0.29) is 12.1 Å². The van der Waals surface area contributed by atoms with E-state index in [9.17, 15) is 4.79 Å². The molecule has 2 saturated heterocycles. The highest BCUT2D eigenvalue weighted by atomic mass is 16.5. The maximum absolute atomic E-state index is 12.3. The molecule has 4 rings (SSSR count). The summed E-state index contributed by atoms with van der Waals surface area (Å²) in [6, 6.07) is 6.07. The summed E-state index contributed by atoms with van der Waals surface area (Å²) in [6.07, 6.45) is 2.32. The second-order valence-corrected chi connectivity index (χ2v) is 7.16. The number of piperazine rings is 1. The van der Waals surface area contributed by atoms with Gasteiger partial charge in [0.2, 0.25) is 5.89 Å². The van der Waals surface area contributed by atoms with Crippen molar-refractivity contribution in [2.45, 2.75) is 32.4 Å². The van der Waals surface area contributed by atoms with Crippen LogP contribution in [0.2, 0.25) is 0 Å². The van der Waals surface area contributed by atoms with Crippen LogP contribution in [0.1, 0.15) is 24.3 Å². The molecule has 0 aliphatic carbocycles. The van der Waals surface area contributed by atoms with Gasteiger partial charge in [0.25, 0.3) is 0 Å². The number of hydrogen-bond acceptors (Lipinski definition) is 5. The molecule has 1 atom stereocenters. The van der Waals surface area contributed by atoms with Crippen LogP contribution in [-0.2, 0) is 11.3 Å². The number of rotatable bonds is 4. The van der Waals surface area contributed by atoms with Gasteiger partial charge in [-0.05, 0) is 37.5 Å². The average molecular weight is 358 g/mol. The zero-order chi connectivity index (χ0) is 17.9. The standard InChI is InChI=1S/C19H26N4O3/c1-14-4-5-16-17(11-14)26-18(21-16)13-22-6-8-23(9-7-22)19(24)20-12-15-3-2-10-25-15/h4-5,11,15H,2-3,6-10,12-13H2,1H3,(H,20,24)/t15-/m1/s1. The first kappa shape index (κ1) is 17.3. The van der Waals surface area contributed by atoms with E-state index in [0.717, 1.165) is 62.6 Å². The van der Waals surface area contributed by atoms with Crippen molar-refractivity contribution in [3.05, 3.63) is 29.7 Å². The van der Waals surface area contributed by atoms with Crippen molar-refractivity contribution in [3.63, 3.8) is 0 Å². The van der Waals surface area contributed by atoms with E-state index in [2.05, 4.69) is 15.2 Å². The molecule has 7 heteroatoms. The van der Waals surface area contributed by atoms with Gasteiger partial charge in [0.05, 0.1) is 12.6 Å². The molecule has 2 aliphatic rings. The lowest BCUT2D eigenvalue weighted by atomic mass is 10.2. The highest BCUT2D eigenvalue weighted by Crippen LogP contribution is 2.18. The third-order valence-electron chi connectivity index (χ3n) is 5.11. The minimum Gasteiger partial charge on any atom is -0.439 e. The van der Waals surface area contributed by atoms with Crippen LogP contribution in [0.4, 0.5) is 4.79 Å². The maximum Gasteiger partial charge on any atom is 0.317 e. The summed E-state index contributed by atoms with van der Waals surface area (Å²) in [7, 11) is 0. The fraction of sp³-hybridized carbons (Fsp3) is 0.579. The molecular weight excluding hydrogens is 332 g/mol. The number of carbonyl (C=O) groups is 1. The van der Waals surface area contributed by atoms with E-state index >= 15 is 0 Å². The van der Waals surface area contributed by atoms with Gasteiger partial charge in [-0.15, -0.1) is 0 Å². The third kappa shape index (κ3) is 3.99. The number of oxazole rings is 1. The predicted octanol–water partition coefficient (Wildman–Crippen LogP) is 2.14. The molecule has 0 spiro atoms. The normalized spacial score (nSPS) is 21.4. The van der Waals surface area contributed by atoms with E-state index in [4.69, 9.17) is 9.15 Å². The van der Waals surface area contributed by atoms with Crippen molar-refractivity contribution in [1.82, 2.24) is 20.1 Å². The number of amides is 2. The number of benzene rings is 1. The number of aryl methyl sites for hydroxylation is 1. The van der Waals surface area contributed by atoms with Gasteiger partial charge in [-0.1, -0.05) is 6.07 Å². The van der Waals surface area contributed by atoms with E-state index in [1.165, 1.54) is 5.56 Å². The Morgan fingerprint density at radius 2 is 2.15 bits per heavy atom. The Morgan fingerprint density at radius 1 is 1.31 bits per heavy atom. The van der Waals surface area contributed by atoms with Crippen molar-refractivity contribution in [2.24, 2.45) is 0 Å². The van der Waals surface area contributed by atoms with Crippen molar-refractivity contribution in [3.8, 4) is 0 Å². The highest BCUT2D eigenvalue weighted by Gasteiger charge is 2.23. The fourth-order valence-corrected chi connectivity index (χ4v) is 3.57. The summed E-state index contributed by atoms with van der Waals surface area (Å²) in [5.41, 5.74) is 2.91. The smallest absolute Gasteiger partial charge is 0.317 e. The molecule has 2 aromatic rings. The highest BCUT2D eigenvalue weighted by molar-refractivity contribution is 5.74. The first-order chi connectivity index (χ1) is 12.7. The van der Waals surface area contributed by atoms with E-state index in [0.29, 0.717) is 13.1 Å². The molecule has 2 amide bonds. The van der Waals surface area contributed by atoms with Crippen LogP contribution >= 0.6 is 0 Å². The molecule has 7 nitrogen and oxygen atoms in total. The molecule has 2 fully saturated rings. The molecule has 0 saturated carbocycles.